The predicted molar refractivity (Wildman–Crippen MR) is 70.8 cm³/mol. The van der Waals surface area contributed by atoms with Crippen molar-refractivity contribution < 1.29 is 13.2 Å². The Kier molecular flexibility index (Phi) is 5.75. The summed E-state index contributed by atoms with van der Waals surface area (Å²) in [5.74, 6) is 0.823. The topological polar surface area (TPSA) is 89.3 Å². The maximum Gasteiger partial charge on any atom is 0.236 e. The lowest BCUT2D eigenvalue weighted by Gasteiger charge is -2.14. The number of nitrogens with two attached hydrogens (primary N) is 1. The summed E-state index contributed by atoms with van der Waals surface area (Å²) in [6, 6.07) is -0.536. The first-order chi connectivity index (χ1) is 7.97. The second kappa shape index (κ2) is 6.61. The largest absolute Gasteiger partial charge is 0.353 e. The summed E-state index contributed by atoms with van der Waals surface area (Å²) in [6.07, 6.45) is 3.91. The molecule has 5 nitrogen and oxygen atoms in total. The molecule has 0 radical (unpaired) electrons. The van der Waals surface area contributed by atoms with E-state index in [1.165, 1.54) is 0 Å². The Bertz CT molecular complexity index is 357. The van der Waals surface area contributed by atoms with E-state index >= 15 is 0 Å². The van der Waals surface area contributed by atoms with E-state index in [1.54, 1.807) is 11.8 Å². The third-order valence-electron chi connectivity index (χ3n) is 2.94. The number of rotatable bonds is 6. The molecular formula is C10H20N2O3S2. The Hall–Kier alpha value is -0.270. The monoisotopic (exact) mass is 280 g/mol. The summed E-state index contributed by atoms with van der Waals surface area (Å²) in [5, 5.41) is 2.22. The molecule has 1 amide bonds. The van der Waals surface area contributed by atoms with Crippen molar-refractivity contribution in [2.75, 3.05) is 24.3 Å². The fourth-order valence-electron chi connectivity index (χ4n) is 1.81. The summed E-state index contributed by atoms with van der Waals surface area (Å²) < 4.78 is 23.1. The van der Waals surface area contributed by atoms with Gasteiger partial charge >= 0.3 is 0 Å². The van der Waals surface area contributed by atoms with Gasteiger partial charge in [0.05, 0.1) is 17.0 Å². The highest BCUT2D eigenvalue weighted by atomic mass is 32.2. The van der Waals surface area contributed by atoms with Gasteiger partial charge in [0.15, 0.2) is 9.84 Å². The van der Waals surface area contributed by atoms with Crippen LogP contribution in [0.2, 0.25) is 0 Å². The summed E-state index contributed by atoms with van der Waals surface area (Å²) in [7, 11) is -2.99. The van der Waals surface area contributed by atoms with Gasteiger partial charge in [0.25, 0.3) is 0 Å². The van der Waals surface area contributed by atoms with Gasteiger partial charge in [0.2, 0.25) is 5.91 Å². The van der Waals surface area contributed by atoms with Crippen molar-refractivity contribution in [2.24, 2.45) is 5.73 Å². The average Bonchev–Trinajstić information content (AvgIpc) is 2.62. The lowest BCUT2D eigenvalue weighted by atomic mass is 10.2. The number of amides is 1. The zero-order chi connectivity index (χ0) is 12.9. The lowest BCUT2D eigenvalue weighted by Crippen LogP contribution is -2.44. The van der Waals surface area contributed by atoms with Crippen LogP contribution < -0.4 is 11.1 Å². The van der Waals surface area contributed by atoms with E-state index in [0.29, 0.717) is 19.3 Å². The minimum atomic E-state index is -2.99. The molecule has 0 aromatic rings. The van der Waals surface area contributed by atoms with Gasteiger partial charge in [0.1, 0.15) is 0 Å². The van der Waals surface area contributed by atoms with Crippen molar-refractivity contribution in [2.45, 2.75) is 30.6 Å². The molecule has 0 saturated carbocycles. The molecule has 100 valence electrons. The van der Waals surface area contributed by atoms with E-state index in [-0.39, 0.29) is 18.2 Å². The Labute approximate surface area is 107 Å². The highest BCUT2D eigenvalue weighted by molar-refractivity contribution is 7.98. The molecule has 1 heterocycles. The quantitative estimate of drug-likeness (QED) is 0.701. The second-order valence-corrected chi connectivity index (χ2v) is 7.65. The normalized spacial score (nSPS) is 24.5. The van der Waals surface area contributed by atoms with Crippen LogP contribution in [0.3, 0.4) is 0 Å². The molecule has 0 aromatic carbocycles. The van der Waals surface area contributed by atoms with Crippen molar-refractivity contribution in [1.82, 2.24) is 5.32 Å². The Morgan fingerprint density at radius 3 is 2.82 bits per heavy atom. The zero-order valence-corrected chi connectivity index (χ0v) is 11.6. The van der Waals surface area contributed by atoms with Crippen LogP contribution in [-0.2, 0) is 14.6 Å². The fraction of sp³-hybridized carbons (Fsp3) is 0.900. The summed E-state index contributed by atoms with van der Waals surface area (Å²) in [4.78, 5) is 11.6. The van der Waals surface area contributed by atoms with Gasteiger partial charge in [-0.3, -0.25) is 4.79 Å². The molecule has 1 unspecified atom stereocenters. The first-order valence-electron chi connectivity index (χ1n) is 5.71. The molecular weight excluding hydrogens is 260 g/mol. The molecule has 0 spiro atoms. The van der Waals surface area contributed by atoms with Crippen LogP contribution in [0.1, 0.15) is 19.3 Å². The van der Waals surface area contributed by atoms with E-state index in [4.69, 9.17) is 5.73 Å². The molecule has 0 bridgehead atoms. The lowest BCUT2D eigenvalue weighted by molar-refractivity contribution is -0.122. The molecule has 7 heteroatoms. The number of thioether (sulfide) groups is 1. The molecule has 17 heavy (non-hydrogen) atoms. The number of nitrogens with one attached hydrogen (secondary N) is 1. The highest BCUT2D eigenvalue weighted by Gasteiger charge is 2.31. The third-order valence-corrected chi connectivity index (χ3v) is 5.86. The van der Waals surface area contributed by atoms with Gasteiger partial charge < -0.3 is 11.1 Å². The summed E-state index contributed by atoms with van der Waals surface area (Å²) >= 11 is 1.63. The molecule has 1 aliphatic heterocycles. The molecule has 1 fully saturated rings. The zero-order valence-electron chi connectivity index (χ0n) is 10.0. The van der Waals surface area contributed by atoms with Crippen molar-refractivity contribution in [3.05, 3.63) is 0 Å². The number of sulfone groups is 1. The van der Waals surface area contributed by atoms with Crippen molar-refractivity contribution in [3.8, 4) is 0 Å². The Morgan fingerprint density at radius 1 is 1.59 bits per heavy atom. The molecule has 0 aromatic heterocycles. The van der Waals surface area contributed by atoms with Crippen molar-refractivity contribution in [1.29, 1.82) is 0 Å². The van der Waals surface area contributed by atoms with Crippen LogP contribution in [0.4, 0.5) is 0 Å². The van der Waals surface area contributed by atoms with Crippen molar-refractivity contribution in [3.63, 3.8) is 0 Å². The standard InChI is InChI=1S/C10H20N2O3S2/c1-16-5-4-9(11)10(13)12-7-8-3-2-6-17(8,14)15/h8-9H,2-7,11H2,1H3,(H,12,13)/t8?,9-/m1/s1. The molecule has 0 aliphatic carbocycles. The van der Waals surface area contributed by atoms with E-state index in [9.17, 15) is 13.2 Å². The van der Waals surface area contributed by atoms with E-state index in [0.717, 1.165) is 5.75 Å². The summed E-state index contributed by atoms with van der Waals surface area (Å²) in [5.41, 5.74) is 5.68. The minimum Gasteiger partial charge on any atom is -0.353 e. The third kappa shape index (κ3) is 4.48. The Balaban J connectivity index is 2.33. The van der Waals surface area contributed by atoms with E-state index in [2.05, 4.69) is 5.32 Å². The number of carbonyl (C=O) groups excluding carboxylic acids is 1. The maximum absolute atomic E-state index is 11.6. The second-order valence-electron chi connectivity index (χ2n) is 4.26. The van der Waals surface area contributed by atoms with Gasteiger partial charge in [-0.15, -0.1) is 0 Å². The van der Waals surface area contributed by atoms with E-state index < -0.39 is 21.1 Å². The average molecular weight is 280 g/mol. The van der Waals surface area contributed by atoms with Gasteiger partial charge in [-0.2, -0.15) is 11.8 Å². The first-order valence-corrected chi connectivity index (χ1v) is 8.82. The smallest absolute Gasteiger partial charge is 0.236 e. The van der Waals surface area contributed by atoms with Gasteiger partial charge in [-0.1, -0.05) is 0 Å². The first kappa shape index (κ1) is 14.8. The SMILES string of the molecule is CSCC[C@@H](N)C(=O)NCC1CCCS1(=O)=O. The maximum atomic E-state index is 11.6. The minimum absolute atomic E-state index is 0.203. The van der Waals surface area contributed by atoms with Crippen LogP contribution in [0.25, 0.3) is 0 Å². The van der Waals surface area contributed by atoms with Gasteiger partial charge in [-0.05, 0) is 31.3 Å². The van der Waals surface area contributed by atoms with Gasteiger partial charge in [0, 0.05) is 6.54 Å². The molecule has 3 N–H and O–H groups in total. The van der Waals surface area contributed by atoms with Crippen molar-refractivity contribution >= 4 is 27.5 Å². The van der Waals surface area contributed by atoms with Crippen LogP contribution in [0.15, 0.2) is 0 Å². The Morgan fingerprint density at radius 2 is 2.29 bits per heavy atom. The highest BCUT2D eigenvalue weighted by Crippen LogP contribution is 2.18. The molecule has 1 rings (SSSR count). The number of hydrogen-bond acceptors (Lipinski definition) is 5. The number of hydrogen-bond donors (Lipinski definition) is 2. The van der Waals surface area contributed by atoms with E-state index in [1.807, 2.05) is 6.26 Å². The molecule has 2 atom stereocenters. The fourth-order valence-corrected chi connectivity index (χ4v) is 4.06. The van der Waals surface area contributed by atoms with Gasteiger partial charge in [-0.25, -0.2) is 8.42 Å². The molecule has 1 aliphatic rings. The predicted octanol–water partition coefficient (Wildman–Crippen LogP) is -0.240. The molecule has 1 saturated heterocycles. The van der Waals surface area contributed by atoms with Crippen LogP contribution >= 0.6 is 11.8 Å². The number of carbonyl (C=O) groups is 1. The van der Waals surface area contributed by atoms with Crippen LogP contribution in [0, 0.1) is 0 Å². The van der Waals surface area contributed by atoms with Crippen LogP contribution in [0.5, 0.6) is 0 Å². The summed E-state index contributed by atoms with van der Waals surface area (Å²) in [6.45, 7) is 0.203. The van der Waals surface area contributed by atoms with Crippen LogP contribution in [-0.4, -0.2) is 49.9 Å².